The van der Waals surface area contributed by atoms with E-state index < -0.39 is 10.0 Å². The van der Waals surface area contributed by atoms with Crippen molar-refractivity contribution in [2.24, 2.45) is 0 Å². The number of hydrogen-bond acceptors (Lipinski definition) is 5. The van der Waals surface area contributed by atoms with Crippen LogP contribution in [0.3, 0.4) is 0 Å². The van der Waals surface area contributed by atoms with E-state index in [1.165, 1.54) is 18.3 Å². The predicted octanol–water partition coefficient (Wildman–Crippen LogP) is 0.957. The lowest BCUT2D eigenvalue weighted by atomic mass is 10.2. The molecule has 1 aromatic heterocycles. The zero-order chi connectivity index (χ0) is 13.9. The third-order valence-electron chi connectivity index (χ3n) is 2.46. The largest absolute Gasteiger partial charge is 0.392 e. The van der Waals surface area contributed by atoms with Crippen LogP contribution < -0.4 is 10.5 Å². The number of benzene rings is 1. The summed E-state index contributed by atoms with van der Waals surface area (Å²) in [5, 5.41) is 8.91. The molecule has 0 radical (unpaired) electrons. The summed E-state index contributed by atoms with van der Waals surface area (Å²) in [7, 11) is -3.68. The molecular formula is C12H13N3O3S. The SMILES string of the molecule is Nc1ccc(S(=O)(=O)Nc2ccc(CO)cc2)cn1. The molecule has 100 valence electrons. The summed E-state index contributed by atoms with van der Waals surface area (Å²) in [6.45, 7) is -0.0884. The Balaban J connectivity index is 2.23. The van der Waals surface area contributed by atoms with Gasteiger partial charge in [0.25, 0.3) is 10.0 Å². The molecule has 0 aliphatic rings. The molecule has 4 N–H and O–H groups in total. The second-order valence-corrected chi connectivity index (χ2v) is 5.56. The Hall–Kier alpha value is -2.12. The van der Waals surface area contributed by atoms with Gasteiger partial charge in [-0.05, 0) is 29.8 Å². The number of aromatic nitrogens is 1. The van der Waals surface area contributed by atoms with Gasteiger partial charge in [-0.3, -0.25) is 4.72 Å². The van der Waals surface area contributed by atoms with E-state index in [9.17, 15) is 8.42 Å². The van der Waals surface area contributed by atoms with Gasteiger partial charge in [-0.2, -0.15) is 0 Å². The molecule has 0 amide bonds. The number of nitrogens with one attached hydrogen (secondary N) is 1. The van der Waals surface area contributed by atoms with E-state index in [1.807, 2.05) is 0 Å². The fourth-order valence-electron chi connectivity index (χ4n) is 1.44. The summed E-state index contributed by atoms with van der Waals surface area (Å²) < 4.78 is 26.5. The van der Waals surface area contributed by atoms with Crippen molar-refractivity contribution < 1.29 is 13.5 Å². The van der Waals surface area contributed by atoms with E-state index in [-0.39, 0.29) is 17.3 Å². The monoisotopic (exact) mass is 279 g/mol. The Morgan fingerprint density at radius 2 is 1.84 bits per heavy atom. The number of anilines is 2. The van der Waals surface area contributed by atoms with Gasteiger partial charge in [-0.1, -0.05) is 12.1 Å². The number of hydrogen-bond donors (Lipinski definition) is 3. The predicted molar refractivity (Wildman–Crippen MR) is 71.8 cm³/mol. The van der Waals surface area contributed by atoms with Crippen LogP contribution in [0.2, 0.25) is 0 Å². The molecule has 2 rings (SSSR count). The van der Waals surface area contributed by atoms with Crippen molar-refractivity contribution in [1.29, 1.82) is 0 Å². The summed E-state index contributed by atoms with van der Waals surface area (Å²) in [5.41, 5.74) is 6.52. The Morgan fingerprint density at radius 1 is 1.16 bits per heavy atom. The van der Waals surface area contributed by atoms with Crippen molar-refractivity contribution in [3.63, 3.8) is 0 Å². The van der Waals surface area contributed by atoms with Gasteiger partial charge < -0.3 is 10.8 Å². The number of nitrogen functional groups attached to an aromatic ring is 1. The van der Waals surface area contributed by atoms with Gasteiger partial charge in [0.2, 0.25) is 0 Å². The number of pyridine rings is 1. The Morgan fingerprint density at radius 3 is 2.37 bits per heavy atom. The minimum Gasteiger partial charge on any atom is -0.392 e. The van der Waals surface area contributed by atoms with Crippen molar-refractivity contribution in [1.82, 2.24) is 4.98 Å². The Kier molecular flexibility index (Phi) is 3.68. The highest BCUT2D eigenvalue weighted by Crippen LogP contribution is 2.16. The van der Waals surface area contributed by atoms with Gasteiger partial charge >= 0.3 is 0 Å². The summed E-state index contributed by atoms with van der Waals surface area (Å²) in [6.07, 6.45) is 1.19. The fraction of sp³-hybridized carbons (Fsp3) is 0.0833. The lowest BCUT2D eigenvalue weighted by Gasteiger charge is -2.08. The number of rotatable bonds is 4. The molecule has 7 heteroatoms. The highest BCUT2D eigenvalue weighted by Gasteiger charge is 2.14. The molecule has 0 aliphatic carbocycles. The van der Waals surface area contributed by atoms with Crippen LogP contribution in [0.5, 0.6) is 0 Å². The quantitative estimate of drug-likeness (QED) is 0.773. The van der Waals surface area contributed by atoms with E-state index in [0.29, 0.717) is 11.3 Å². The molecule has 6 nitrogen and oxygen atoms in total. The number of aliphatic hydroxyl groups excluding tert-OH is 1. The van der Waals surface area contributed by atoms with E-state index >= 15 is 0 Å². The van der Waals surface area contributed by atoms with Crippen LogP contribution in [-0.4, -0.2) is 18.5 Å². The first kappa shape index (κ1) is 13.3. The van der Waals surface area contributed by atoms with Gasteiger partial charge in [0.1, 0.15) is 10.7 Å². The van der Waals surface area contributed by atoms with Crippen molar-refractivity contribution in [2.75, 3.05) is 10.5 Å². The molecule has 0 fully saturated rings. The molecule has 0 aliphatic heterocycles. The maximum atomic E-state index is 12.0. The topological polar surface area (TPSA) is 105 Å². The van der Waals surface area contributed by atoms with Crippen LogP contribution in [0.25, 0.3) is 0 Å². The number of nitrogens with zero attached hydrogens (tertiary/aromatic N) is 1. The second kappa shape index (κ2) is 5.25. The van der Waals surface area contributed by atoms with E-state index in [4.69, 9.17) is 10.8 Å². The van der Waals surface area contributed by atoms with Crippen molar-refractivity contribution in [3.8, 4) is 0 Å². The molecule has 19 heavy (non-hydrogen) atoms. The lowest BCUT2D eigenvalue weighted by Crippen LogP contribution is -2.13. The summed E-state index contributed by atoms with van der Waals surface area (Å²) in [6, 6.07) is 9.23. The molecule has 1 heterocycles. The van der Waals surface area contributed by atoms with Gasteiger partial charge in [0.15, 0.2) is 0 Å². The minimum atomic E-state index is -3.68. The lowest BCUT2D eigenvalue weighted by molar-refractivity contribution is 0.282. The van der Waals surface area contributed by atoms with Crippen LogP contribution in [0.4, 0.5) is 11.5 Å². The molecule has 0 saturated carbocycles. The van der Waals surface area contributed by atoms with Gasteiger partial charge in [-0.15, -0.1) is 0 Å². The van der Waals surface area contributed by atoms with Gasteiger partial charge in [-0.25, -0.2) is 13.4 Å². The normalized spacial score (nSPS) is 11.2. The summed E-state index contributed by atoms with van der Waals surface area (Å²) in [4.78, 5) is 3.78. The average Bonchev–Trinajstić information content (AvgIpc) is 2.40. The first-order valence-corrected chi connectivity index (χ1v) is 6.94. The smallest absolute Gasteiger partial charge is 0.263 e. The van der Waals surface area contributed by atoms with Gasteiger partial charge in [0.05, 0.1) is 6.61 Å². The van der Waals surface area contributed by atoms with E-state index in [0.717, 1.165) is 0 Å². The van der Waals surface area contributed by atoms with Crippen LogP contribution in [0, 0.1) is 0 Å². The minimum absolute atomic E-state index is 0.0351. The number of nitrogens with two attached hydrogens (primary N) is 1. The van der Waals surface area contributed by atoms with Crippen molar-refractivity contribution in [2.45, 2.75) is 11.5 Å². The molecule has 0 atom stereocenters. The molecule has 0 spiro atoms. The zero-order valence-corrected chi connectivity index (χ0v) is 10.8. The first-order valence-electron chi connectivity index (χ1n) is 5.45. The Bertz CT molecular complexity index is 652. The van der Waals surface area contributed by atoms with Crippen molar-refractivity contribution >= 4 is 21.5 Å². The molecule has 1 aromatic carbocycles. The van der Waals surface area contributed by atoms with Crippen LogP contribution in [0.15, 0.2) is 47.5 Å². The van der Waals surface area contributed by atoms with E-state index in [2.05, 4.69) is 9.71 Å². The third-order valence-corrected chi connectivity index (χ3v) is 3.82. The number of aliphatic hydroxyl groups is 1. The molecule has 2 aromatic rings. The van der Waals surface area contributed by atoms with Crippen LogP contribution >= 0.6 is 0 Å². The molecule has 0 saturated heterocycles. The molecule has 0 unspecified atom stereocenters. The maximum absolute atomic E-state index is 12.0. The number of sulfonamides is 1. The second-order valence-electron chi connectivity index (χ2n) is 3.88. The summed E-state index contributed by atoms with van der Waals surface area (Å²) >= 11 is 0. The fourth-order valence-corrected chi connectivity index (χ4v) is 2.45. The highest BCUT2D eigenvalue weighted by molar-refractivity contribution is 7.92. The summed E-state index contributed by atoms with van der Waals surface area (Å²) in [5.74, 6) is 0.256. The van der Waals surface area contributed by atoms with Crippen molar-refractivity contribution in [3.05, 3.63) is 48.2 Å². The highest BCUT2D eigenvalue weighted by atomic mass is 32.2. The third kappa shape index (κ3) is 3.21. The van der Waals surface area contributed by atoms with Gasteiger partial charge in [0, 0.05) is 11.9 Å². The molecular weight excluding hydrogens is 266 g/mol. The standard InChI is InChI=1S/C12H13N3O3S/c13-12-6-5-11(7-14-12)19(17,18)15-10-3-1-9(8-16)2-4-10/h1-7,15-16H,8H2,(H2,13,14). The Labute approximate surface area is 111 Å². The average molecular weight is 279 g/mol. The van der Waals surface area contributed by atoms with E-state index in [1.54, 1.807) is 24.3 Å². The zero-order valence-electron chi connectivity index (χ0n) is 9.95. The van der Waals surface area contributed by atoms with Crippen LogP contribution in [-0.2, 0) is 16.6 Å². The maximum Gasteiger partial charge on any atom is 0.263 e. The van der Waals surface area contributed by atoms with Crippen LogP contribution in [0.1, 0.15) is 5.56 Å². The first-order chi connectivity index (χ1) is 9.01. The molecule has 0 bridgehead atoms.